The number of sulfonamides is 1. The average Bonchev–Trinajstić information content (AvgIpc) is 3.12. The minimum absolute atomic E-state index is 0.222. The smallest absolute Gasteiger partial charge is 0.274 e. The summed E-state index contributed by atoms with van der Waals surface area (Å²) in [6.07, 6.45) is 1.06. The van der Waals surface area contributed by atoms with E-state index < -0.39 is 10.0 Å². The first-order chi connectivity index (χ1) is 17.3. The van der Waals surface area contributed by atoms with E-state index in [9.17, 15) is 13.2 Å². The maximum Gasteiger partial charge on any atom is 0.274 e. The van der Waals surface area contributed by atoms with E-state index in [2.05, 4.69) is 27.0 Å². The van der Waals surface area contributed by atoms with Crippen molar-refractivity contribution in [2.45, 2.75) is 11.3 Å². The molecule has 2 aromatic carbocycles. The molecule has 3 heterocycles. The van der Waals surface area contributed by atoms with E-state index in [0.717, 1.165) is 49.2 Å². The highest BCUT2D eigenvalue weighted by molar-refractivity contribution is 7.89. The summed E-state index contributed by atoms with van der Waals surface area (Å²) in [5.74, 6) is 0.541. The molecule has 0 aliphatic carbocycles. The Bertz CT molecular complexity index is 1360. The van der Waals surface area contributed by atoms with Crippen molar-refractivity contribution < 1.29 is 13.2 Å². The third-order valence-electron chi connectivity index (χ3n) is 6.85. The number of hydrogen-bond donors (Lipinski definition) is 0. The number of aromatic nitrogens is 2. The van der Waals surface area contributed by atoms with Crippen LogP contribution in [-0.4, -0.2) is 98.0 Å². The van der Waals surface area contributed by atoms with Gasteiger partial charge in [0.05, 0.1) is 4.90 Å². The van der Waals surface area contributed by atoms with Crippen molar-refractivity contribution in [3.8, 4) is 0 Å². The zero-order valence-corrected chi connectivity index (χ0v) is 21.7. The molecule has 1 aromatic heterocycles. The lowest BCUT2D eigenvalue weighted by molar-refractivity contribution is 0.0691. The first-order valence-electron chi connectivity index (χ1n) is 12.1. The van der Waals surface area contributed by atoms with Gasteiger partial charge in [0.2, 0.25) is 10.0 Å². The van der Waals surface area contributed by atoms with Gasteiger partial charge in [-0.1, -0.05) is 23.7 Å². The van der Waals surface area contributed by atoms with E-state index in [1.165, 1.54) is 4.31 Å². The van der Waals surface area contributed by atoms with Gasteiger partial charge in [0.1, 0.15) is 0 Å². The molecule has 0 spiro atoms. The molecule has 190 valence electrons. The lowest BCUT2D eigenvalue weighted by Crippen LogP contribution is -2.50. The monoisotopic (exact) mass is 528 g/mol. The number of carbonyl (C=O) groups is 1. The van der Waals surface area contributed by atoms with Crippen LogP contribution in [0.5, 0.6) is 0 Å². The summed E-state index contributed by atoms with van der Waals surface area (Å²) in [6.45, 7) is 4.83. The number of halogens is 1. The van der Waals surface area contributed by atoms with Gasteiger partial charge < -0.3 is 14.7 Å². The first-order valence-corrected chi connectivity index (χ1v) is 13.9. The molecule has 0 atom stereocenters. The minimum atomic E-state index is -3.68. The lowest BCUT2D eigenvalue weighted by Gasteiger charge is -2.33. The third kappa shape index (κ3) is 5.17. The molecule has 2 fully saturated rings. The van der Waals surface area contributed by atoms with Crippen LogP contribution >= 0.6 is 11.6 Å². The lowest BCUT2D eigenvalue weighted by atomic mass is 10.1. The van der Waals surface area contributed by atoms with Crippen molar-refractivity contribution in [3.05, 3.63) is 59.2 Å². The zero-order valence-electron chi connectivity index (χ0n) is 20.2. The molecule has 1 amide bonds. The predicted molar refractivity (Wildman–Crippen MR) is 140 cm³/mol. The molecule has 11 heteroatoms. The Labute approximate surface area is 216 Å². The molecule has 0 radical (unpaired) electrons. The van der Waals surface area contributed by atoms with Crippen molar-refractivity contribution in [2.24, 2.45) is 0 Å². The van der Waals surface area contributed by atoms with Gasteiger partial charge >= 0.3 is 0 Å². The Balaban J connectivity index is 1.22. The van der Waals surface area contributed by atoms with Crippen LogP contribution in [0.2, 0.25) is 5.02 Å². The van der Waals surface area contributed by atoms with Gasteiger partial charge in [-0.15, -0.1) is 10.2 Å². The summed E-state index contributed by atoms with van der Waals surface area (Å²) in [4.78, 5) is 19.4. The number of fused-ring (bicyclic) bond motifs is 1. The van der Waals surface area contributed by atoms with Crippen molar-refractivity contribution in [3.63, 3.8) is 0 Å². The van der Waals surface area contributed by atoms with Gasteiger partial charge in [-0.2, -0.15) is 4.31 Å². The molecule has 0 unspecified atom stereocenters. The van der Waals surface area contributed by atoms with Gasteiger partial charge in [-0.25, -0.2) is 8.42 Å². The van der Waals surface area contributed by atoms with Gasteiger partial charge in [0.25, 0.3) is 5.91 Å². The third-order valence-corrected chi connectivity index (χ3v) is 8.98. The van der Waals surface area contributed by atoms with Gasteiger partial charge in [-0.3, -0.25) is 4.79 Å². The molecule has 2 aliphatic heterocycles. The molecule has 0 bridgehead atoms. The molecular formula is C25H29ClN6O3S. The fourth-order valence-electron chi connectivity index (χ4n) is 4.68. The van der Waals surface area contributed by atoms with Crippen molar-refractivity contribution >= 4 is 44.1 Å². The average molecular weight is 529 g/mol. The molecule has 36 heavy (non-hydrogen) atoms. The number of carbonyl (C=O) groups excluding carboxylic acids is 1. The van der Waals surface area contributed by atoms with Gasteiger partial charge in [-0.05, 0) is 67.2 Å². The Morgan fingerprint density at radius 3 is 2.33 bits per heavy atom. The molecule has 3 aromatic rings. The van der Waals surface area contributed by atoms with Crippen LogP contribution in [0.4, 0.5) is 5.82 Å². The van der Waals surface area contributed by atoms with E-state index in [-0.39, 0.29) is 29.6 Å². The maximum absolute atomic E-state index is 13.2. The summed E-state index contributed by atoms with van der Waals surface area (Å²) in [5, 5.41) is 10.8. The van der Waals surface area contributed by atoms with Crippen LogP contribution in [0.3, 0.4) is 0 Å². The molecule has 0 saturated carbocycles. The molecule has 2 aliphatic rings. The van der Waals surface area contributed by atoms with E-state index in [1.807, 2.05) is 12.1 Å². The summed E-state index contributed by atoms with van der Waals surface area (Å²) in [5.41, 5.74) is 0.273. The van der Waals surface area contributed by atoms with Crippen molar-refractivity contribution in [1.82, 2.24) is 24.3 Å². The number of rotatable bonds is 4. The number of nitrogens with zero attached hydrogens (tertiary/aromatic N) is 6. The minimum Gasteiger partial charge on any atom is -0.354 e. The van der Waals surface area contributed by atoms with Crippen LogP contribution in [0.1, 0.15) is 16.9 Å². The fourth-order valence-corrected chi connectivity index (χ4v) is 6.32. The number of anilines is 1. The van der Waals surface area contributed by atoms with Crippen LogP contribution < -0.4 is 4.90 Å². The number of hydrogen-bond acceptors (Lipinski definition) is 7. The standard InChI is InChI=1S/C25H29ClN6O3S/c1-29-9-2-10-30(12-11-29)24-8-7-23(27-28-24)25(33)31-13-15-32(16-14-31)36(34,35)22-6-4-19-17-21(26)5-3-20(19)18-22/h3-8,17-18H,2,9-16H2,1H3. The van der Waals surface area contributed by atoms with Crippen LogP contribution in [-0.2, 0) is 10.0 Å². The summed E-state index contributed by atoms with van der Waals surface area (Å²) >= 11 is 6.04. The second-order valence-electron chi connectivity index (χ2n) is 9.27. The van der Waals surface area contributed by atoms with Crippen molar-refractivity contribution in [1.29, 1.82) is 0 Å². The SMILES string of the molecule is CN1CCCN(c2ccc(C(=O)N3CCN(S(=O)(=O)c4ccc5cc(Cl)ccc5c4)CC3)nn2)CC1. The summed E-state index contributed by atoms with van der Waals surface area (Å²) in [7, 11) is -1.57. The quantitative estimate of drug-likeness (QED) is 0.514. The highest BCUT2D eigenvalue weighted by Crippen LogP contribution is 2.25. The zero-order chi connectivity index (χ0) is 25.3. The number of amides is 1. The highest BCUT2D eigenvalue weighted by Gasteiger charge is 2.31. The maximum atomic E-state index is 13.2. The van der Waals surface area contributed by atoms with E-state index >= 15 is 0 Å². The normalized spacial score (nSPS) is 18.4. The molecule has 2 saturated heterocycles. The Kier molecular flexibility index (Phi) is 7.11. The topological polar surface area (TPSA) is 90.0 Å². The summed E-state index contributed by atoms with van der Waals surface area (Å²) in [6, 6.07) is 13.9. The Morgan fingerprint density at radius 2 is 1.58 bits per heavy atom. The van der Waals surface area contributed by atoms with Crippen LogP contribution in [0.25, 0.3) is 10.8 Å². The number of likely N-dealkylation sites (N-methyl/N-ethyl adjacent to an activating group) is 1. The number of piperazine rings is 1. The molecule has 9 nitrogen and oxygen atoms in total. The molecule has 0 N–H and O–H groups in total. The Hall–Kier alpha value is -2.79. The van der Waals surface area contributed by atoms with E-state index in [0.29, 0.717) is 18.1 Å². The largest absolute Gasteiger partial charge is 0.354 e. The van der Waals surface area contributed by atoms with Crippen LogP contribution in [0.15, 0.2) is 53.4 Å². The van der Waals surface area contributed by atoms with E-state index in [1.54, 1.807) is 41.3 Å². The fraction of sp³-hybridized carbons (Fsp3) is 0.400. The predicted octanol–water partition coefficient (Wildman–Crippen LogP) is 2.57. The molecule has 5 rings (SSSR count). The summed E-state index contributed by atoms with van der Waals surface area (Å²) < 4.78 is 27.9. The van der Waals surface area contributed by atoms with Gasteiger partial charge in [0, 0.05) is 50.8 Å². The van der Waals surface area contributed by atoms with E-state index in [4.69, 9.17) is 11.6 Å². The second kappa shape index (κ2) is 10.3. The Morgan fingerprint density at radius 1 is 0.833 bits per heavy atom. The van der Waals surface area contributed by atoms with Crippen LogP contribution in [0, 0.1) is 0 Å². The molecular weight excluding hydrogens is 500 g/mol. The van der Waals surface area contributed by atoms with Crippen molar-refractivity contribution in [2.75, 3.05) is 64.3 Å². The first kappa shape index (κ1) is 24.9. The second-order valence-corrected chi connectivity index (χ2v) is 11.6. The van der Waals surface area contributed by atoms with Gasteiger partial charge in [0.15, 0.2) is 11.5 Å². The highest BCUT2D eigenvalue weighted by atomic mass is 35.5. The number of benzene rings is 2.